The lowest BCUT2D eigenvalue weighted by Gasteiger charge is -2.27. The molecule has 0 radical (unpaired) electrons. The Morgan fingerprint density at radius 1 is 1.03 bits per heavy atom. The molecular formula is C47H59ClN6O12. The number of carbonyl (C=O) groups is 7. The first kappa shape index (κ1) is 50.9. The molecule has 19 heteroatoms. The third-order valence-electron chi connectivity index (χ3n) is 11.2. The van der Waals surface area contributed by atoms with E-state index in [1.165, 1.54) is 27.0 Å². The summed E-state index contributed by atoms with van der Waals surface area (Å²) in [5.41, 5.74) is 2.13. The second-order valence-corrected chi connectivity index (χ2v) is 18.1. The van der Waals surface area contributed by atoms with Gasteiger partial charge >= 0.3 is 17.9 Å². The number of allylic oxidation sites excluding steroid dienone is 1. The smallest absolute Gasteiger partial charge is 0.345 e. The van der Waals surface area contributed by atoms with Gasteiger partial charge in [-0.2, -0.15) is 0 Å². The summed E-state index contributed by atoms with van der Waals surface area (Å²) < 4.78 is 18.3. The van der Waals surface area contributed by atoms with Gasteiger partial charge < -0.3 is 34.8 Å². The maximum atomic E-state index is 13.6. The molecule has 0 spiro atoms. The van der Waals surface area contributed by atoms with Crippen LogP contribution in [0.3, 0.4) is 0 Å². The minimum atomic E-state index is -1.32. The zero-order valence-corrected chi connectivity index (χ0v) is 38.9. The average Bonchev–Trinajstić information content (AvgIpc) is 3.85. The van der Waals surface area contributed by atoms with Crippen LogP contribution in [0.15, 0.2) is 60.8 Å². The number of hydroxylamine groups is 2. The second-order valence-electron chi connectivity index (χ2n) is 17.7. The number of hydrogen-bond acceptors (Lipinski definition) is 13. The van der Waals surface area contributed by atoms with Crippen LogP contribution in [-0.4, -0.2) is 98.6 Å². The van der Waals surface area contributed by atoms with E-state index in [9.17, 15) is 38.7 Å². The Kier molecular flexibility index (Phi) is 18.0. The molecule has 66 heavy (non-hydrogen) atoms. The molecular weight excluding hydrogens is 876 g/mol. The number of amides is 4. The highest BCUT2D eigenvalue weighted by molar-refractivity contribution is 6.32. The second kappa shape index (κ2) is 23.4. The molecule has 4 amide bonds. The number of halogens is 1. The zero-order chi connectivity index (χ0) is 48.1. The Morgan fingerprint density at radius 3 is 2.38 bits per heavy atom. The van der Waals surface area contributed by atoms with E-state index in [-0.39, 0.29) is 62.7 Å². The summed E-state index contributed by atoms with van der Waals surface area (Å²) in [5, 5.41) is 24.3. The normalized spacial score (nSPS) is 17.4. The van der Waals surface area contributed by atoms with Gasteiger partial charge in [0.25, 0.3) is 11.8 Å². The summed E-state index contributed by atoms with van der Waals surface area (Å²) in [5.74, 6) is -4.14. The maximum Gasteiger partial charge on any atom is 0.345 e. The van der Waals surface area contributed by atoms with Crippen LogP contribution in [0.4, 0.5) is 0 Å². The molecule has 0 aliphatic carbocycles. The van der Waals surface area contributed by atoms with Crippen molar-refractivity contribution in [3.05, 3.63) is 88.2 Å². The number of aryl methyl sites for hydroxylation is 1. The number of methoxy groups -OCH3 is 1. The van der Waals surface area contributed by atoms with Crippen LogP contribution in [0.1, 0.15) is 108 Å². The summed E-state index contributed by atoms with van der Waals surface area (Å²) in [6.07, 6.45) is 6.13. The molecule has 356 valence electrons. The Hall–Kier alpha value is -6.14. The maximum absolute atomic E-state index is 13.6. The number of aromatic nitrogens is 3. The van der Waals surface area contributed by atoms with Crippen LogP contribution in [0, 0.1) is 17.3 Å². The van der Waals surface area contributed by atoms with Crippen LogP contribution in [0.2, 0.25) is 5.02 Å². The first-order valence-corrected chi connectivity index (χ1v) is 22.4. The highest BCUT2D eigenvalue weighted by atomic mass is 35.5. The van der Waals surface area contributed by atoms with Gasteiger partial charge in [0, 0.05) is 38.4 Å². The predicted octanol–water partition coefficient (Wildman–Crippen LogP) is 5.24. The van der Waals surface area contributed by atoms with E-state index < -0.39 is 59.1 Å². The van der Waals surface area contributed by atoms with Crippen LogP contribution in [0.25, 0.3) is 0 Å². The molecule has 2 unspecified atom stereocenters. The third-order valence-corrected chi connectivity index (χ3v) is 11.4. The van der Waals surface area contributed by atoms with Crippen molar-refractivity contribution in [2.75, 3.05) is 13.7 Å². The van der Waals surface area contributed by atoms with Gasteiger partial charge in [-0.25, -0.2) is 14.3 Å². The number of ether oxygens (including phenoxy) is 3. The van der Waals surface area contributed by atoms with Crippen molar-refractivity contribution in [3.8, 4) is 5.75 Å². The summed E-state index contributed by atoms with van der Waals surface area (Å²) in [6.45, 7) is 9.13. The molecule has 2 fully saturated rings. The fraction of sp³-hybridized carbons (Fsp3) is 0.511. The van der Waals surface area contributed by atoms with E-state index in [0.29, 0.717) is 52.9 Å². The molecule has 0 bridgehead atoms. The van der Waals surface area contributed by atoms with Crippen LogP contribution in [0.5, 0.6) is 5.75 Å². The molecule has 1 aromatic heterocycles. The Balaban J connectivity index is 1.06. The van der Waals surface area contributed by atoms with Crippen LogP contribution >= 0.6 is 11.6 Å². The van der Waals surface area contributed by atoms with Crippen molar-refractivity contribution >= 4 is 53.1 Å². The first-order chi connectivity index (χ1) is 31.3. The average molecular weight is 935 g/mol. The highest BCUT2D eigenvalue weighted by Crippen LogP contribution is 2.44. The van der Waals surface area contributed by atoms with E-state index in [2.05, 4.69) is 27.9 Å². The van der Waals surface area contributed by atoms with E-state index in [1.54, 1.807) is 35.2 Å². The number of nitrogens with one attached hydrogen (secondary N) is 2. The van der Waals surface area contributed by atoms with E-state index >= 15 is 0 Å². The molecule has 2 saturated heterocycles. The lowest BCUT2D eigenvalue weighted by Crippen LogP contribution is -2.51. The molecule has 18 nitrogen and oxygen atoms in total. The lowest BCUT2D eigenvalue weighted by molar-refractivity contribution is -0.197. The molecule has 2 aliphatic heterocycles. The minimum absolute atomic E-state index is 0.0145. The number of esters is 1. The molecule has 3 aromatic rings. The first-order valence-electron chi connectivity index (χ1n) is 22.0. The number of imide groups is 1. The number of hydrogen-bond donors (Lipinski definition) is 3. The number of epoxide rings is 1. The number of aliphatic carboxylic acids is 1. The topological polar surface area (TPSA) is 238 Å². The number of carboxylic acids is 1. The number of nitrogens with zero attached hydrogens (tertiary/aromatic N) is 4. The Morgan fingerprint density at radius 2 is 1.73 bits per heavy atom. The molecule has 5 atom stereocenters. The fourth-order valence-electron chi connectivity index (χ4n) is 7.21. The predicted molar refractivity (Wildman–Crippen MR) is 238 cm³/mol. The largest absolute Gasteiger partial charge is 0.495 e. The van der Waals surface area contributed by atoms with Crippen molar-refractivity contribution in [3.63, 3.8) is 0 Å². The number of carboxylic acid groups (broad SMARTS) is 1. The van der Waals surface area contributed by atoms with Crippen molar-refractivity contribution in [1.29, 1.82) is 0 Å². The van der Waals surface area contributed by atoms with E-state index in [1.807, 2.05) is 38.1 Å². The van der Waals surface area contributed by atoms with Gasteiger partial charge in [0.2, 0.25) is 11.8 Å². The summed E-state index contributed by atoms with van der Waals surface area (Å²) in [4.78, 5) is 91.8. The van der Waals surface area contributed by atoms with E-state index in [0.717, 1.165) is 17.5 Å². The van der Waals surface area contributed by atoms with Crippen LogP contribution in [-0.2, 0) is 67.3 Å². The highest BCUT2D eigenvalue weighted by Gasteiger charge is 2.43. The molecule has 5 rings (SSSR count). The van der Waals surface area contributed by atoms with Gasteiger partial charge in [-0.3, -0.25) is 24.0 Å². The van der Waals surface area contributed by atoms with Gasteiger partial charge in [-0.05, 0) is 92.7 Å². The van der Waals surface area contributed by atoms with E-state index in [4.69, 9.17) is 30.6 Å². The number of carbonyl (C=O) groups excluding carboxylic acids is 6. The number of rotatable bonds is 25. The van der Waals surface area contributed by atoms with Gasteiger partial charge in [0.1, 0.15) is 17.9 Å². The molecule has 2 aromatic carbocycles. The Labute approximate surface area is 388 Å². The zero-order valence-electron chi connectivity index (χ0n) is 38.1. The number of benzene rings is 2. The molecule has 3 heterocycles. The summed E-state index contributed by atoms with van der Waals surface area (Å²) >= 11 is 6.35. The minimum Gasteiger partial charge on any atom is -0.495 e. The van der Waals surface area contributed by atoms with Gasteiger partial charge in [0.05, 0.1) is 35.9 Å². The Bertz CT molecular complexity index is 2240. The van der Waals surface area contributed by atoms with Crippen molar-refractivity contribution in [2.24, 2.45) is 17.3 Å². The van der Waals surface area contributed by atoms with Crippen molar-refractivity contribution in [2.45, 2.75) is 123 Å². The molecule has 3 N–H and O–H groups in total. The molecule has 0 saturated carbocycles. The third kappa shape index (κ3) is 15.0. The van der Waals surface area contributed by atoms with Gasteiger partial charge in [-0.1, -0.05) is 74.0 Å². The summed E-state index contributed by atoms with van der Waals surface area (Å²) in [6, 6.07) is 12.1. The van der Waals surface area contributed by atoms with Crippen molar-refractivity contribution < 1.29 is 57.7 Å². The quantitative estimate of drug-likeness (QED) is 0.0426. The van der Waals surface area contributed by atoms with Gasteiger partial charge in [-0.15, -0.1) is 10.2 Å². The standard InChI is InChI=1S/C47H59ClN6O12/c1-28(2)22-37(45(60)61)64-46(62)47(4,5)27-49-44(59)35(24-31-16-19-36(63-6)34(48)23-31)50-38(55)12-8-7-10-29(3)42-43(65-42)32-17-14-30(15-18-32)25-53-26-33(51-52-53)11-9-13-41(58)66-54-39(56)20-21-40(54)57/h8,12,14-19,23,26,28-29,35,37,42-43H,7,9-11,13,20-22,24-25,27H2,1-6H3,(H,49,59)(H,50,55)(H,60,61)/b12-8+/t29-,35+,37-,42?,43?/m0/s1. The van der Waals surface area contributed by atoms with Crippen molar-refractivity contribution in [1.82, 2.24) is 30.7 Å². The monoisotopic (exact) mass is 934 g/mol. The summed E-state index contributed by atoms with van der Waals surface area (Å²) in [7, 11) is 1.48. The molecule has 2 aliphatic rings. The lowest BCUT2D eigenvalue weighted by atomic mass is 9.93. The SMILES string of the molecule is COc1ccc(C[C@@H](NC(=O)/C=C/CC[C@H](C)C2OC2c2ccc(Cn3cc(CCCC(=O)ON4C(=O)CCC4=O)nn3)cc2)C(=O)NCC(C)(C)C(=O)O[C@@H](CC(C)C)C(=O)O)cc1Cl. The van der Waals surface area contributed by atoms with Gasteiger partial charge in [0.15, 0.2) is 6.10 Å². The fourth-order valence-corrected chi connectivity index (χ4v) is 7.49. The van der Waals surface area contributed by atoms with Crippen LogP contribution < -0.4 is 15.4 Å².